The van der Waals surface area contributed by atoms with Crippen molar-refractivity contribution in [3.63, 3.8) is 0 Å². The van der Waals surface area contributed by atoms with E-state index in [2.05, 4.69) is 0 Å². The molecule has 0 N–H and O–H groups in total. The van der Waals surface area contributed by atoms with Crippen LogP contribution in [0.15, 0.2) is 59.4 Å². The van der Waals surface area contributed by atoms with Crippen LogP contribution in [-0.2, 0) is 7.05 Å². The maximum Gasteiger partial charge on any atom is 0.278 e. The Morgan fingerprint density at radius 2 is 1.30 bits per heavy atom. The summed E-state index contributed by atoms with van der Waals surface area (Å²) in [5.74, 6) is -0.706. The third-order valence-corrected chi connectivity index (χ3v) is 4.12. The zero-order valence-corrected chi connectivity index (χ0v) is 12.3. The average Bonchev–Trinajstić information content (AvgIpc) is 2.86. The van der Waals surface area contributed by atoms with Crippen LogP contribution in [0.1, 0.15) is 32.0 Å². The normalized spacial score (nSPS) is 12.9. The van der Waals surface area contributed by atoms with Crippen LogP contribution >= 0.6 is 0 Å². The molecule has 5 nitrogen and oxygen atoms in total. The highest BCUT2D eigenvalue weighted by Crippen LogP contribution is 2.27. The summed E-state index contributed by atoms with van der Waals surface area (Å²) in [6.45, 7) is 0. The van der Waals surface area contributed by atoms with Gasteiger partial charge in [-0.1, -0.05) is 42.5 Å². The Balaban J connectivity index is 2.11. The summed E-state index contributed by atoms with van der Waals surface area (Å²) in [6, 6.07) is 15.7. The molecule has 0 unspecified atom stereocenters. The van der Waals surface area contributed by atoms with E-state index in [-0.39, 0.29) is 22.6 Å². The Labute approximate surface area is 131 Å². The highest BCUT2D eigenvalue weighted by atomic mass is 16.2. The van der Waals surface area contributed by atoms with Crippen LogP contribution in [0, 0.1) is 0 Å². The van der Waals surface area contributed by atoms with Gasteiger partial charge < -0.3 is 0 Å². The van der Waals surface area contributed by atoms with Crippen LogP contribution in [0.25, 0.3) is 5.69 Å². The number of nitrogens with zero attached hydrogens (tertiary/aromatic N) is 2. The van der Waals surface area contributed by atoms with Crippen molar-refractivity contribution in [3.8, 4) is 5.69 Å². The SMILES string of the molecule is Cn1c(=O)c2c(n1-c1ccccc1)C(=O)c1ccccc1C2=O. The molecule has 5 heteroatoms. The molecule has 23 heavy (non-hydrogen) atoms. The Morgan fingerprint density at radius 1 is 0.739 bits per heavy atom. The molecule has 1 aromatic heterocycles. The fraction of sp³-hybridized carbons (Fsp3) is 0.0556. The number of hydrogen-bond donors (Lipinski definition) is 0. The van der Waals surface area contributed by atoms with Crippen molar-refractivity contribution in [3.05, 3.63) is 87.3 Å². The lowest BCUT2D eigenvalue weighted by atomic mass is 9.88. The molecule has 0 atom stereocenters. The van der Waals surface area contributed by atoms with Crippen LogP contribution in [-0.4, -0.2) is 20.9 Å². The highest BCUT2D eigenvalue weighted by Gasteiger charge is 2.36. The summed E-state index contributed by atoms with van der Waals surface area (Å²) < 4.78 is 2.81. The van der Waals surface area contributed by atoms with Gasteiger partial charge in [-0.3, -0.25) is 14.4 Å². The number of benzene rings is 2. The molecule has 0 fully saturated rings. The predicted molar refractivity (Wildman–Crippen MR) is 84.3 cm³/mol. The van der Waals surface area contributed by atoms with Crippen molar-refractivity contribution in [1.82, 2.24) is 9.36 Å². The third-order valence-electron chi connectivity index (χ3n) is 4.12. The monoisotopic (exact) mass is 304 g/mol. The van der Waals surface area contributed by atoms with Gasteiger partial charge in [0.05, 0.1) is 5.69 Å². The largest absolute Gasteiger partial charge is 0.288 e. The number of fused-ring (bicyclic) bond motifs is 2. The van der Waals surface area contributed by atoms with E-state index in [4.69, 9.17) is 0 Å². The molecule has 0 amide bonds. The Bertz CT molecular complexity index is 1030. The van der Waals surface area contributed by atoms with Gasteiger partial charge in [0.2, 0.25) is 11.6 Å². The van der Waals surface area contributed by atoms with E-state index in [0.29, 0.717) is 11.3 Å². The number of carbonyl (C=O) groups excluding carboxylic acids is 2. The van der Waals surface area contributed by atoms with Gasteiger partial charge >= 0.3 is 0 Å². The van der Waals surface area contributed by atoms with Crippen molar-refractivity contribution >= 4 is 11.6 Å². The van der Waals surface area contributed by atoms with E-state index in [9.17, 15) is 14.4 Å². The number of aromatic nitrogens is 2. The number of hydrogen-bond acceptors (Lipinski definition) is 3. The van der Waals surface area contributed by atoms with Gasteiger partial charge in [-0.05, 0) is 12.1 Å². The molecule has 112 valence electrons. The molecular formula is C18H12N2O3. The van der Waals surface area contributed by atoms with Gasteiger partial charge in [-0.2, -0.15) is 0 Å². The first kappa shape index (κ1) is 13.5. The smallest absolute Gasteiger partial charge is 0.278 e. The molecule has 1 heterocycles. The lowest BCUT2D eigenvalue weighted by Gasteiger charge is -2.16. The molecule has 0 saturated carbocycles. The minimum atomic E-state index is -0.461. The second kappa shape index (κ2) is 4.64. The summed E-state index contributed by atoms with van der Waals surface area (Å²) in [5.41, 5.74) is 0.895. The Kier molecular flexibility index (Phi) is 2.72. The first-order valence-corrected chi connectivity index (χ1v) is 7.17. The molecule has 1 aliphatic rings. The second-order valence-electron chi connectivity index (χ2n) is 5.40. The van der Waals surface area contributed by atoms with Crippen molar-refractivity contribution in [2.75, 3.05) is 0 Å². The van der Waals surface area contributed by atoms with Gasteiger partial charge in [0.25, 0.3) is 5.56 Å². The predicted octanol–water partition coefficient (Wildman–Crippen LogP) is 1.95. The van der Waals surface area contributed by atoms with E-state index in [1.54, 1.807) is 43.4 Å². The summed E-state index contributed by atoms with van der Waals surface area (Å²) in [7, 11) is 1.55. The van der Waals surface area contributed by atoms with Crippen molar-refractivity contribution in [2.45, 2.75) is 0 Å². The Hall–Kier alpha value is -3.21. The minimum Gasteiger partial charge on any atom is -0.288 e. The van der Waals surface area contributed by atoms with Crippen molar-refractivity contribution in [1.29, 1.82) is 0 Å². The molecule has 1 aliphatic carbocycles. The van der Waals surface area contributed by atoms with Crippen LogP contribution in [0.3, 0.4) is 0 Å². The zero-order valence-electron chi connectivity index (χ0n) is 12.3. The molecule has 0 saturated heterocycles. The summed E-state index contributed by atoms with van der Waals surface area (Å²) >= 11 is 0. The van der Waals surface area contributed by atoms with Gasteiger partial charge in [-0.25, -0.2) is 9.36 Å². The number of para-hydroxylation sites is 1. The Morgan fingerprint density at radius 3 is 1.96 bits per heavy atom. The third kappa shape index (κ3) is 1.70. The van der Waals surface area contributed by atoms with Crippen LogP contribution < -0.4 is 5.56 Å². The molecular weight excluding hydrogens is 292 g/mol. The van der Waals surface area contributed by atoms with E-state index in [1.807, 2.05) is 18.2 Å². The summed E-state index contributed by atoms with van der Waals surface area (Å²) in [4.78, 5) is 38.1. The lowest BCUT2D eigenvalue weighted by molar-refractivity contribution is 0.0974. The number of carbonyl (C=O) groups is 2. The van der Waals surface area contributed by atoms with Gasteiger partial charge in [0.1, 0.15) is 11.3 Å². The number of rotatable bonds is 1. The molecule has 2 aromatic carbocycles. The summed E-state index contributed by atoms with van der Waals surface area (Å²) in [6.07, 6.45) is 0. The second-order valence-corrected chi connectivity index (χ2v) is 5.40. The maximum atomic E-state index is 12.9. The molecule has 0 aliphatic heterocycles. The van der Waals surface area contributed by atoms with Crippen molar-refractivity contribution in [2.24, 2.45) is 7.05 Å². The molecule has 0 radical (unpaired) electrons. The van der Waals surface area contributed by atoms with Crippen LogP contribution in [0.4, 0.5) is 0 Å². The molecule has 0 spiro atoms. The quantitative estimate of drug-likeness (QED) is 0.540. The van der Waals surface area contributed by atoms with Crippen LogP contribution in [0.2, 0.25) is 0 Å². The highest BCUT2D eigenvalue weighted by molar-refractivity contribution is 6.27. The zero-order chi connectivity index (χ0) is 16.1. The maximum absolute atomic E-state index is 12.9. The van der Waals surface area contributed by atoms with E-state index >= 15 is 0 Å². The number of ketones is 2. The van der Waals surface area contributed by atoms with Gasteiger partial charge in [0, 0.05) is 18.2 Å². The molecule has 4 rings (SSSR count). The first-order chi connectivity index (χ1) is 11.1. The standard InChI is InChI=1S/C18H12N2O3/c1-19-18(23)14-15(20(19)11-7-3-2-4-8-11)17(22)13-10-6-5-9-12(13)16(14)21/h2-10H,1H3. The first-order valence-electron chi connectivity index (χ1n) is 7.17. The fourth-order valence-electron chi connectivity index (χ4n) is 3.04. The van der Waals surface area contributed by atoms with Crippen LogP contribution in [0.5, 0.6) is 0 Å². The molecule has 3 aromatic rings. The van der Waals surface area contributed by atoms with E-state index < -0.39 is 11.3 Å². The van der Waals surface area contributed by atoms with Crippen molar-refractivity contribution < 1.29 is 9.59 Å². The van der Waals surface area contributed by atoms with E-state index in [1.165, 1.54) is 9.36 Å². The lowest BCUT2D eigenvalue weighted by Crippen LogP contribution is -2.25. The minimum absolute atomic E-state index is 0.0555. The fourth-order valence-corrected chi connectivity index (χ4v) is 3.04. The average molecular weight is 304 g/mol. The molecule has 0 bridgehead atoms. The van der Waals surface area contributed by atoms with E-state index in [0.717, 1.165) is 0 Å². The summed E-state index contributed by atoms with van der Waals surface area (Å²) in [5, 5.41) is 0. The van der Waals surface area contributed by atoms with Gasteiger partial charge in [0.15, 0.2) is 0 Å². The van der Waals surface area contributed by atoms with Gasteiger partial charge in [-0.15, -0.1) is 0 Å². The topological polar surface area (TPSA) is 61.1 Å².